The fourth-order valence-corrected chi connectivity index (χ4v) is 4.77. The van der Waals surface area contributed by atoms with Crippen LogP contribution in [0.2, 0.25) is 0 Å². The van der Waals surface area contributed by atoms with Crippen LogP contribution in [0.15, 0.2) is 76.3 Å². The van der Waals surface area contributed by atoms with Gasteiger partial charge in [0.15, 0.2) is 0 Å². The molecule has 1 heterocycles. The van der Waals surface area contributed by atoms with Gasteiger partial charge < -0.3 is 5.32 Å². The van der Waals surface area contributed by atoms with E-state index >= 15 is 0 Å². The van der Waals surface area contributed by atoms with E-state index in [2.05, 4.69) is 22.2 Å². The molecule has 3 rings (SSSR count). The lowest BCUT2D eigenvalue weighted by Crippen LogP contribution is -2.32. The molecule has 3 aromatic rings. The second-order valence-corrected chi connectivity index (χ2v) is 9.37. The van der Waals surface area contributed by atoms with E-state index in [4.69, 9.17) is 0 Å². The van der Waals surface area contributed by atoms with Gasteiger partial charge in [0.1, 0.15) is 4.21 Å². The van der Waals surface area contributed by atoms with Gasteiger partial charge in [0.05, 0.1) is 0 Å². The van der Waals surface area contributed by atoms with Crippen LogP contribution in [-0.4, -0.2) is 20.4 Å². The molecule has 0 fully saturated rings. The Kier molecular flexibility index (Phi) is 6.49. The number of carbonyl (C=O) groups excluding carboxylic acids is 1. The van der Waals surface area contributed by atoms with Crippen molar-refractivity contribution in [3.63, 3.8) is 0 Å². The number of hydrogen-bond acceptors (Lipinski definition) is 4. The van der Waals surface area contributed by atoms with Crippen molar-refractivity contribution < 1.29 is 13.2 Å². The topological polar surface area (TPSA) is 75.3 Å². The van der Waals surface area contributed by atoms with Crippen LogP contribution < -0.4 is 10.0 Å². The summed E-state index contributed by atoms with van der Waals surface area (Å²) in [4.78, 5) is 12.4. The molecule has 0 aliphatic heterocycles. The number of nitrogens with one attached hydrogen (secondary N) is 2. The normalized spacial score (nSPS) is 12.3. The van der Waals surface area contributed by atoms with Crippen LogP contribution in [0.4, 0.5) is 5.69 Å². The average molecular weight is 415 g/mol. The highest BCUT2D eigenvalue weighted by Gasteiger charge is 2.15. The van der Waals surface area contributed by atoms with Crippen molar-refractivity contribution in [2.24, 2.45) is 0 Å². The van der Waals surface area contributed by atoms with Crippen LogP contribution in [0.3, 0.4) is 0 Å². The summed E-state index contributed by atoms with van der Waals surface area (Å²) in [7, 11) is -3.59. The molecule has 0 spiro atoms. The molecule has 0 unspecified atom stereocenters. The Labute approximate surface area is 169 Å². The highest BCUT2D eigenvalue weighted by atomic mass is 32.2. The Hall–Kier alpha value is -2.64. The molecular formula is C21H22N2O3S2. The summed E-state index contributed by atoms with van der Waals surface area (Å²) in [6.07, 6.45) is 1.74. The molecular weight excluding hydrogens is 392 g/mol. The lowest BCUT2D eigenvalue weighted by molar-refractivity contribution is 0.0938. The maximum atomic E-state index is 12.4. The Bertz CT molecular complexity index is 1000. The number of rotatable bonds is 8. The smallest absolute Gasteiger partial charge is 0.271 e. The maximum absolute atomic E-state index is 12.4. The van der Waals surface area contributed by atoms with E-state index in [1.54, 1.807) is 41.8 Å². The number of benzene rings is 2. The summed E-state index contributed by atoms with van der Waals surface area (Å²) in [5.41, 5.74) is 2.15. The number of anilines is 1. The SMILES string of the molecule is C[C@H](CCc1ccccc1)NC(=O)c1ccc(NS(=O)(=O)c2cccs2)cc1. The molecule has 7 heteroatoms. The lowest BCUT2D eigenvalue weighted by Gasteiger charge is -2.14. The van der Waals surface area contributed by atoms with Crippen LogP contribution >= 0.6 is 11.3 Å². The third-order valence-electron chi connectivity index (χ3n) is 4.25. The van der Waals surface area contributed by atoms with Crippen molar-refractivity contribution in [3.05, 3.63) is 83.2 Å². The minimum Gasteiger partial charge on any atom is -0.350 e. The van der Waals surface area contributed by atoms with E-state index in [1.165, 1.54) is 5.56 Å². The van der Waals surface area contributed by atoms with Crippen LogP contribution in [0, 0.1) is 0 Å². The van der Waals surface area contributed by atoms with Crippen molar-refractivity contribution in [3.8, 4) is 0 Å². The molecule has 5 nitrogen and oxygen atoms in total. The zero-order chi connectivity index (χ0) is 20.0. The van der Waals surface area contributed by atoms with Crippen molar-refractivity contribution in [1.82, 2.24) is 5.32 Å². The minimum atomic E-state index is -3.59. The number of thiophene rings is 1. The molecule has 28 heavy (non-hydrogen) atoms. The van der Waals surface area contributed by atoms with E-state index in [0.717, 1.165) is 24.2 Å². The summed E-state index contributed by atoms with van der Waals surface area (Å²) in [6.45, 7) is 1.98. The van der Waals surface area contributed by atoms with Gasteiger partial charge in [-0.05, 0) is 61.0 Å². The van der Waals surface area contributed by atoms with E-state index in [1.807, 2.05) is 25.1 Å². The van der Waals surface area contributed by atoms with E-state index in [-0.39, 0.29) is 16.2 Å². The molecule has 0 aliphatic carbocycles. The Balaban J connectivity index is 1.54. The Morgan fingerprint density at radius 3 is 2.36 bits per heavy atom. The van der Waals surface area contributed by atoms with Crippen LogP contribution in [0.5, 0.6) is 0 Å². The summed E-state index contributed by atoms with van der Waals surface area (Å²) < 4.78 is 27.2. The Morgan fingerprint density at radius 1 is 1.00 bits per heavy atom. The fraction of sp³-hybridized carbons (Fsp3) is 0.190. The second kappa shape index (κ2) is 9.03. The highest BCUT2D eigenvalue weighted by molar-refractivity contribution is 7.94. The maximum Gasteiger partial charge on any atom is 0.271 e. The number of hydrogen-bond donors (Lipinski definition) is 2. The molecule has 1 amide bonds. The summed E-state index contributed by atoms with van der Waals surface area (Å²) in [5, 5.41) is 4.69. The third kappa shape index (κ3) is 5.43. The fourth-order valence-electron chi connectivity index (χ4n) is 2.72. The molecule has 0 radical (unpaired) electrons. The minimum absolute atomic E-state index is 0.0321. The molecule has 1 aromatic heterocycles. The first-order valence-corrected chi connectivity index (χ1v) is 11.3. The third-order valence-corrected chi connectivity index (χ3v) is 7.02. The quantitative estimate of drug-likeness (QED) is 0.577. The van der Waals surface area contributed by atoms with Crippen molar-refractivity contribution in [2.45, 2.75) is 30.0 Å². The van der Waals surface area contributed by atoms with Gasteiger partial charge >= 0.3 is 0 Å². The van der Waals surface area contributed by atoms with Crippen molar-refractivity contribution in [2.75, 3.05) is 4.72 Å². The molecule has 0 saturated carbocycles. The monoisotopic (exact) mass is 414 g/mol. The first kappa shape index (κ1) is 20.1. The van der Waals surface area contributed by atoms with Gasteiger partial charge in [-0.3, -0.25) is 9.52 Å². The van der Waals surface area contributed by atoms with Crippen LogP contribution in [-0.2, 0) is 16.4 Å². The predicted octanol–water partition coefficient (Wildman–Crippen LogP) is 4.30. The molecule has 146 valence electrons. The largest absolute Gasteiger partial charge is 0.350 e. The summed E-state index contributed by atoms with van der Waals surface area (Å²) >= 11 is 1.15. The summed E-state index contributed by atoms with van der Waals surface area (Å²) in [6, 6.07) is 19.8. The standard InChI is InChI=1S/C21H22N2O3S2/c1-16(9-10-17-6-3-2-4-7-17)22-21(24)18-11-13-19(14-12-18)23-28(25,26)20-8-5-15-27-20/h2-8,11-16,23H,9-10H2,1H3,(H,22,24)/t16-/m1/s1. The zero-order valence-electron chi connectivity index (χ0n) is 15.5. The number of carbonyl (C=O) groups is 1. The van der Waals surface area contributed by atoms with Crippen LogP contribution in [0.1, 0.15) is 29.3 Å². The molecule has 0 aliphatic rings. The predicted molar refractivity (Wildman–Crippen MR) is 113 cm³/mol. The van der Waals surface area contributed by atoms with E-state index < -0.39 is 10.0 Å². The molecule has 0 bridgehead atoms. The van der Waals surface area contributed by atoms with Gasteiger partial charge in [0.2, 0.25) is 0 Å². The van der Waals surface area contributed by atoms with E-state index in [9.17, 15) is 13.2 Å². The number of aryl methyl sites for hydroxylation is 1. The highest BCUT2D eigenvalue weighted by Crippen LogP contribution is 2.20. The molecule has 0 saturated heterocycles. The van der Waals surface area contributed by atoms with Crippen molar-refractivity contribution in [1.29, 1.82) is 0 Å². The van der Waals surface area contributed by atoms with E-state index in [0.29, 0.717) is 11.3 Å². The zero-order valence-corrected chi connectivity index (χ0v) is 17.1. The molecule has 2 aromatic carbocycles. The number of sulfonamides is 1. The lowest BCUT2D eigenvalue weighted by atomic mass is 10.1. The summed E-state index contributed by atoms with van der Waals surface area (Å²) in [5.74, 6) is -0.173. The first-order chi connectivity index (χ1) is 13.4. The van der Waals surface area contributed by atoms with Gasteiger partial charge in [-0.25, -0.2) is 8.42 Å². The van der Waals surface area contributed by atoms with Crippen molar-refractivity contribution >= 4 is 33.0 Å². The van der Waals surface area contributed by atoms with Gasteiger partial charge in [0, 0.05) is 17.3 Å². The molecule has 1 atom stereocenters. The van der Waals surface area contributed by atoms with Gasteiger partial charge in [-0.1, -0.05) is 36.4 Å². The molecule has 2 N–H and O–H groups in total. The first-order valence-electron chi connectivity index (χ1n) is 8.95. The number of amides is 1. The van der Waals surface area contributed by atoms with Gasteiger partial charge in [-0.2, -0.15) is 0 Å². The Morgan fingerprint density at radius 2 is 1.71 bits per heavy atom. The van der Waals surface area contributed by atoms with Gasteiger partial charge in [-0.15, -0.1) is 11.3 Å². The average Bonchev–Trinajstić information content (AvgIpc) is 3.23. The van der Waals surface area contributed by atoms with Gasteiger partial charge in [0.25, 0.3) is 15.9 Å². The second-order valence-electron chi connectivity index (χ2n) is 6.51. The van der Waals surface area contributed by atoms with Crippen LogP contribution in [0.25, 0.3) is 0 Å².